The Morgan fingerprint density at radius 1 is 0.913 bits per heavy atom. The van der Waals surface area contributed by atoms with E-state index in [0.29, 0.717) is 6.07 Å². The summed E-state index contributed by atoms with van der Waals surface area (Å²) in [6.07, 6.45) is 0. The van der Waals surface area contributed by atoms with Gasteiger partial charge in [-0.05, 0) is 6.07 Å². The van der Waals surface area contributed by atoms with Crippen molar-refractivity contribution in [1.82, 2.24) is 0 Å². The molecule has 0 fully saturated rings. The van der Waals surface area contributed by atoms with E-state index in [1.165, 1.54) is 6.07 Å². The highest BCUT2D eigenvalue weighted by Crippen LogP contribution is 2.49. The molecular weight excluding hydrogens is 312 g/mol. The van der Waals surface area contributed by atoms with Crippen molar-refractivity contribution in [3.05, 3.63) is 48.5 Å². The molecule has 0 saturated heterocycles. The Bertz CT molecular complexity index is 952. The second-order valence-corrected chi connectivity index (χ2v) is 4.54. The second kappa shape index (κ2) is 4.59. The van der Waals surface area contributed by atoms with E-state index in [0.717, 1.165) is 6.07 Å². The van der Waals surface area contributed by atoms with E-state index < -0.39 is 31.8 Å². The number of hydrogen-bond donors (Lipinski definition) is 2. The van der Waals surface area contributed by atoms with Gasteiger partial charge in [-0.15, -0.1) is 0 Å². The normalized spacial score (nSPS) is 12.4. The van der Waals surface area contributed by atoms with Crippen molar-refractivity contribution < 1.29 is 14.8 Å². The lowest BCUT2D eigenvalue weighted by Gasteiger charge is -2.16. The predicted molar refractivity (Wildman–Crippen MR) is 78.8 cm³/mol. The van der Waals surface area contributed by atoms with Crippen molar-refractivity contribution in [2.45, 2.75) is 0 Å². The van der Waals surface area contributed by atoms with Crippen LogP contribution >= 0.6 is 0 Å². The molecule has 2 aromatic carbocycles. The van der Waals surface area contributed by atoms with Gasteiger partial charge < -0.3 is 11.1 Å². The zero-order chi connectivity index (χ0) is 16.9. The first kappa shape index (κ1) is 14.1. The topological polar surface area (TPSA) is 180 Å². The van der Waals surface area contributed by atoms with Crippen LogP contribution in [0.5, 0.6) is 0 Å². The lowest BCUT2D eigenvalue weighted by atomic mass is 10.0. The summed E-state index contributed by atoms with van der Waals surface area (Å²) < 4.78 is 0. The number of non-ortho nitro benzene ring substituents is 2. The van der Waals surface area contributed by atoms with E-state index in [9.17, 15) is 30.3 Å². The Hall–Kier alpha value is -3.83. The molecule has 0 saturated carbocycles. The minimum absolute atomic E-state index is 0.0886. The average molecular weight is 318 g/mol. The van der Waals surface area contributed by atoms with Crippen molar-refractivity contribution in [1.29, 1.82) is 0 Å². The van der Waals surface area contributed by atoms with Crippen LogP contribution in [0.2, 0.25) is 0 Å². The molecule has 1 aliphatic heterocycles. The van der Waals surface area contributed by atoms with Crippen LogP contribution in [-0.2, 0) is 0 Å². The molecule has 0 spiro atoms. The minimum atomic E-state index is -0.912. The maximum atomic E-state index is 11.2. The van der Waals surface area contributed by atoms with Crippen molar-refractivity contribution in [2.24, 2.45) is 10.7 Å². The third kappa shape index (κ3) is 1.97. The number of nitrogens with one attached hydrogen (secondary N) is 1. The Kier molecular flexibility index (Phi) is 2.82. The van der Waals surface area contributed by atoms with Gasteiger partial charge in [-0.25, -0.2) is 4.99 Å². The number of benzene rings is 2. The molecule has 0 radical (unpaired) electrons. The molecule has 12 nitrogen and oxygen atoms in total. The quantitative estimate of drug-likeness (QED) is 0.635. The molecular formula is C11H6N6O6. The smallest absolute Gasteiger partial charge is 0.302 e. The monoisotopic (exact) mass is 318 g/mol. The number of nitro groups is 3. The number of aliphatic imine (C=N–C) groups is 1. The maximum absolute atomic E-state index is 11.2. The first-order chi connectivity index (χ1) is 10.8. The van der Waals surface area contributed by atoms with E-state index >= 15 is 0 Å². The number of anilines is 1. The number of nitro benzene ring substituents is 3. The minimum Gasteiger partial charge on any atom is -0.369 e. The number of hydrogen-bond acceptors (Lipinski definition) is 9. The van der Waals surface area contributed by atoms with Crippen molar-refractivity contribution in [2.75, 3.05) is 5.32 Å². The van der Waals surface area contributed by atoms with Crippen molar-refractivity contribution in [3.8, 4) is 0 Å². The van der Waals surface area contributed by atoms with Crippen molar-refractivity contribution in [3.63, 3.8) is 0 Å². The SMILES string of the molecule is NC1=Nc2c([N+](=O)[O-])cc([N+](=O)[O-])c3c([N+](=O)[O-])ccc(c23)N1. The Balaban J connectivity index is 2.62. The Morgan fingerprint density at radius 3 is 2.09 bits per heavy atom. The molecule has 0 atom stereocenters. The fraction of sp³-hybridized carbons (Fsp3) is 0. The maximum Gasteiger partial charge on any atom is 0.302 e. The predicted octanol–water partition coefficient (Wildman–Crippen LogP) is 1.94. The number of guanidine groups is 1. The van der Waals surface area contributed by atoms with Crippen LogP contribution in [-0.4, -0.2) is 20.7 Å². The molecule has 0 aliphatic carbocycles. The number of nitrogens with two attached hydrogens (primary N) is 1. The lowest BCUT2D eigenvalue weighted by molar-refractivity contribution is -0.395. The van der Waals surface area contributed by atoms with E-state index in [1.807, 2.05) is 0 Å². The molecule has 12 heteroatoms. The zero-order valence-corrected chi connectivity index (χ0v) is 11.0. The van der Waals surface area contributed by atoms with Gasteiger partial charge in [0.2, 0.25) is 0 Å². The van der Waals surface area contributed by atoms with Gasteiger partial charge in [0.25, 0.3) is 11.4 Å². The zero-order valence-electron chi connectivity index (χ0n) is 11.0. The summed E-state index contributed by atoms with van der Waals surface area (Å²) in [5, 5.41) is 35.7. The molecule has 0 unspecified atom stereocenters. The van der Waals surface area contributed by atoms with Crippen LogP contribution in [0.4, 0.5) is 28.4 Å². The lowest BCUT2D eigenvalue weighted by Crippen LogP contribution is -2.24. The van der Waals surface area contributed by atoms with E-state index in [2.05, 4.69) is 10.3 Å². The molecule has 1 aliphatic rings. The highest BCUT2D eigenvalue weighted by atomic mass is 16.6. The molecule has 23 heavy (non-hydrogen) atoms. The van der Waals surface area contributed by atoms with Gasteiger partial charge in [0.1, 0.15) is 5.39 Å². The number of rotatable bonds is 3. The van der Waals surface area contributed by atoms with Crippen LogP contribution in [0.15, 0.2) is 23.2 Å². The third-order valence-electron chi connectivity index (χ3n) is 3.28. The molecule has 116 valence electrons. The van der Waals surface area contributed by atoms with Gasteiger partial charge in [-0.3, -0.25) is 30.3 Å². The highest BCUT2D eigenvalue weighted by Gasteiger charge is 2.34. The Morgan fingerprint density at radius 2 is 1.52 bits per heavy atom. The largest absolute Gasteiger partial charge is 0.369 e. The summed E-state index contributed by atoms with van der Waals surface area (Å²) in [4.78, 5) is 34.8. The summed E-state index contributed by atoms with van der Waals surface area (Å²) in [5.74, 6) is -0.162. The molecule has 3 rings (SSSR count). The van der Waals surface area contributed by atoms with E-state index in [1.54, 1.807) is 0 Å². The standard InChI is InChI=1S/C11H6N6O6/c12-11-13-4-1-2-5(15(18)19)9-6(16(20)21)3-7(17(22)23)10(14-11)8(4)9/h1-3H,(H3,12,13,14). The molecule has 1 heterocycles. The molecule has 0 bridgehead atoms. The van der Waals surface area contributed by atoms with Gasteiger partial charge in [0.15, 0.2) is 11.6 Å². The van der Waals surface area contributed by atoms with Gasteiger partial charge in [-0.1, -0.05) is 0 Å². The fourth-order valence-corrected chi connectivity index (χ4v) is 2.43. The Labute approximate surface area is 125 Å². The summed E-state index contributed by atoms with van der Waals surface area (Å²) in [6, 6.07) is 2.97. The van der Waals surface area contributed by atoms with E-state index in [-0.39, 0.29) is 28.1 Å². The highest BCUT2D eigenvalue weighted by molar-refractivity contribution is 6.19. The van der Waals surface area contributed by atoms with E-state index in [4.69, 9.17) is 5.73 Å². The second-order valence-electron chi connectivity index (χ2n) is 4.54. The van der Waals surface area contributed by atoms with Crippen LogP contribution in [0.1, 0.15) is 0 Å². The third-order valence-corrected chi connectivity index (χ3v) is 3.28. The van der Waals surface area contributed by atoms with Gasteiger partial charge in [-0.2, -0.15) is 0 Å². The van der Waals surface area contributed by atoms with Gasteiger partial charge >= 0.3 is 5.69 Å². The summed E-state index contributed by atoms with van der Waals surface area (Å²) >= 11 is 0. The summed E-state index contributed by atoms with van der Waals surface area (Å²) in [7, 11) is 0. The molecule has 2 aromatic rings. The molecule has 3 N–H and O–H groups in total. The molecule has 0 aromatic heterocycles. The first-order valence-corrected chi connectivity index (χ1v) is 5.99. The number of nitrogens with zero attached hydrogens (tertiary/aromatic N) is 4. The summed E-state index contributed by atoms with van der Waals surface area (Å²) in [5.41, 5.74) is 3.49. The van der Waals surface area contributed by atoms with Crippen LogP contribution in [0, 0.1) is 30.3 Å². The average Bonchev–Trinajstić information content (AvgIpc) is 2.46. The summed E-state index contributed by atoms with van der Waals surface area (Å²) in [6.45, 7) is 0. The van der Waals surface area contributed by atoms with Crippen LogP contribution in [0.25, 0.3) is 10.8 Å². The van der Waals surface area contributed by atoms with Crippen LogP contribution < -0.4 is 11.1 Å². The van der Waals surface area contributed by atoms with Gasteiger partial charge in [0.05, 0.1) is 31.9 Å². The molecule has 0 amide bonds. The first-order valence-electron chi connectivity index (χ1n) is 5.99. The fourth-order valence-electron chi connectivity index (χ4n) is 2.43. The van der Waals surface area contributed by atoms with Crippen LogP contribution in [0.3, 0.4) is 0 Å². The van der Waals surface area contributed by atoms with Crippen molar-refractivity contribution >= 4 is 45.2 Å². The van der Waals surface area contributed by atoms with Gasteiger partial charge in [0, 0.05) is 6.07 Å².